The van der Waals surface area contributed by atoms with Crippen LogP contribution in [0.1, 0.15) is 17.5 Å². The number of nitrogens with zero attached hydrogens (tertiary/aromatic N) is 4. The smallest absolute Gasteiger partial charge is 0.214 e. The summed E-state index contributed by atoms with van der Waals surface area (Å²) in [6.07, 6.45) is 1.01. The second kappa shape index (κ2) is 12.0. The molecule has 0 saturated heterocycles. The van der Waals surface area contributed by atoms with Gasteiger partial charge in [-0.25, -0.2) is 0 Å². The summed E-state index contributed by atoms with van der Waals surface area (Å²) >= 11 is 14.0. The van der Waals surface area contributed by atoms with Gasteiger partial charge in [0.25, 0.3) is 0 Å². The summed E-state index contributed by atoms with van der Waals surface area (Å²) in [6, 6.07) is 23.4. The van der Waals surface area contributed by atoms with E-state index in [0.717, 1.165) is 47.4 Å². The van der Waals surface area contributed by atoms with Crippen molar-refractivity contribution in [3.8, 4) is 11.4 Å². The van der Waals surface area contributed by atoms with E-state index in [-0.39, 0.29) is 0 Å². The maximum absolute atomic E-state index is 6.19. The number of benzene rings is 3. The lowest BCUT2D eigenvalue weighted by Gasteiger charge is -2.10. The molecule has 6 nitrogen and oxygen atoms in total. The minimum Gasteiger partial charge on any atom is -0.489 e. The Bertz CT molecular complexity index is 1140. The first-order valence-electron chi connectivity index (χ1n) is 10.5. The van der Waals surface area contributed by atoms with E-state index in [1.807, 2.05) is 60.7 Å². The topological polar surface area (TPSA) is 64.9 Å². The molecule has 0 atom stereocenters. The Morgan fingerprint density at radius 1 is 0.909 bits per heavy atom. The third kappa shape index (κ3) is 6.71. The van der Waals surface area contributed by atoms with Crippen molar-refractivity contribution in [3.05, 3.63) is 94.0 Å². The molecular weight excluding hydrogens is 477 g/mol. The van der Waals surface area contributed by atoms with Crippen molar-refractivity contribution < 1.29 is 4.74 Å². The SMILES string of the molecule is Clc1cccc(Cl)c1COc1ccc(CNCCCSc2nnnn2-c2ccccc2)cc1. The number of rotatable bonds is 11. The zero-order chi connectivity index (χ0) is 22.9. The Morgan fingerprint density at radius 3 is 2.42 bits per heavy atom. The summed E-state index contributed by atoms with van der Waals surface area (Å²) in [5.74, 6) is 1.71. The zero-order valence-corrected chi connectivity index (χ0v) is 20.2. The number of para-hydroxylation sites is 1. The van der Waals surface area contributed by atoms with E-state index in [2.05, 4.69) is 33.0 Å². The molecule has 0 spiro atoms. The van der Waals surface area contributed by atoms with Gasteiger partial charge in [0, 0.05) is 27.9 Å². The molecule has 0 aliphatic rings. The van der Waals surface area contributed by atoms with Crippen molar-refractivity contribution in [1.29, 1.82) is 0 Å². The van der Waals surface area contributed by atoms with Gasteiger partial charge in [0.15, 0.2) is 0 Å². The van der Waals surface area contributed by atoms with E-state index < -0.39 is 0 Å². The van der Waals surface area contributed by atoms with Gasteiger partial charge in [-0.3, -0.25) is 0 Å². The van der Waals surface area contributed by atoms with Crippen LogP contribution in [0.25, 0.3) is 5.69 Å². The predicted octanol–water partition coefficient (Wildman–Crippen LogP) is 5.82. The molecule has 0 bridgehead atoms. The van der Waals surface area contributed by atoms with Crippen LogP contribution in [0.15, 0.2) is 78.0 Å². The molecule has 4 rings (SSSR count). The van der Waals surface area contributed by atoms with Crippen molar-refractivity contribution in [2.75, 3.05) is 12.3 Å². The first-order chi connectivity index (χ1) is 16.2. The molecule has 3 aromatic carbocycles. The molecule has 0 radical (unpaired) electrons. The highest BCUT2D eigenvalue weighted by molar-refractivity contribution is 7.99. The number of nitrogens with one attached hydrogen (secondary N) is 1. The first kappa shape index (κ1) is 23.6. The summed E-state index contributed by atoms with van der Waals surface area (Å²) in [5.41, 5.74) is 2.95. The van der Waals surface area contributed by atoms with Crippen LogP contribution in [0.3, 0.4) is 0 Å². The van der Waals surface area contributed by atoms with Gasteiger partial charge in [-0.1, -0.05) is 71.4 Å². The van der Waals surface area contributed by atoms with Gasteiger partial charge in [-0.15, -0.1) is 5.10 Å². The van der Waals surface area contributed by atoms with Gasteiger partial charge >= 0.3 is 0 Å². The maximum Gasteiger partial charge on any atom is 0.214 e. The van der Waals surface area contributed by atoms with Crippen LogP contribution in [0.4, 0.5) is 0 Å². The van der Waals surface area contributed by atoms with E-state index in [0.29, 0.717) is 16.7 Å². The number of halogens is 2. The highest BCUT2D eigenvalue weighted by atomic mass is 35.5. The molecule has 4 aromatic rings. The number of aromatic nitrogens is 4. The lowest BCUT2D eigenvalue weighted by atomic mass is 10.2. The molecule has 1 heterocycles. The van der Waals surface area contributed by atoms with Crippen LogP contribution >= 0.6 is 35.0 Å². The number of tetrazole rings is 1. The molecule has 0 aliphatic heterocycles. The van der Waals surface area contributed by atoms with E-state index in [1.165, 1.54) is 5.56 Å². The number of ether oxygens (including phenoxy) is 1. The van der Waals surface area contributed by atoms with Crippen LogP contribution in [-0.4, -0.2) is 32.5 Å². The zero-order valence-electron chi connectivity index (χ0n) is 17.8. The molecule has 0 fully saturated rings. The van der Waals surface area contributed by atoms with Crippen molar-refractivity contribution in [1.82, 2.24) is 25.5 Å². The summed E-state index contributed by atoms with van der Waals surface area (Å²) in [5, 5.41) is 17.5. The fourth-order valence-electron chi connectivity index (χ4n) is 3.12. The molecule has 1 N–H and O–H groups in total. The summed E-state index contributed by atoms with van der Waals surface area (Å²) in [4.78, 5) is 0. The third-order valence-electron chi connectivity index (χ3n) is 4.87. The Morgan fingerprint density at radius 2 is 1.67 bits per heavy atom. The first-order valence-corrected chi connectivity index (χ1v) is 12.3. The van der Waals surface area contributed by atoms with Crippen molar-refractivity contribution in [2.45, 2.75) is 24.7 Å². The number of thioether (sulfide) groups is 1. The van der Waals surface area contributed by atoms with Gasteiger partial charge in [0.05, 0.1) is 5.69 Å². The van der Waals surface area contributed by atoms with Crippen LogP contribution in [-0.2, 0) is 13.2 Å². The Kier molecular flexibility index (Phi) is 8.60. The van der Waals surface area contributed by atoms with Gasteiger partial charge in [-0.05, 0) is 65.4 Å². The largest absolute Gasteiger partial charge is 0.489 e. The second-order valence-corrected chi connectivity index (χ2v) is 9.10. The molecule has 33 heavy (non-hydrogen) atoms. The fourth-order valence-corrected chi connectivity index (χ4v) is 4.46. The van der Waals surface area contributed by atoms with E-state index in [1.54, 1.807) is 16.4 Å². The second-order valence-electron chi connectivity index (χ2n) is 7.22. The molecule has 1 aromatic heterocycles. The molecule has 170 valence electrons. The lowest BCUT2D eigenvalue weighted by Crippen LogP contribution is -2.15. The van der Waals surface area contributed by atoms with Crippen molar-refractivity contribution >= 4 is 35.0 Å². The van der Waals surface area contributed by atoms with Crippen molar-refractivity contribution in [2.24, 2.45) is 0 Å². The summed E-state index contributed by atoms with van der Waals surface area (Å²) in [7, 11) is 0. The number of hydrogen-bond acceptors (Lipinski definition) is 6. The van der Waals surface area contributed by atoms with Gasteiger partial charge in [0.1, 0.15) is 12.4 Å². The minimum absolute atomic E-state index is 0.335. The van der Waals surface area contributed by atoms with E-state index in [4.69, 9.17) is 27.9 Å². The van der Waals surface area contributed by atoms with Crippen LogP contribution in [0.2, 0.25) is 10.0 Å². The van der Waals surface area contributed by atoms with Crippen molar-refractivity contribution in [3.63, 3.8) is 0 Å². The highest BCUT2D eigenvalue weighted by Crippen LogP contribution is 2.26. The normalized spacial score (nSPS) is 11.0. The Balaban J connectivity index is 1.16. The number of hydrogen-bond donors (Lipinski definition) is 1. The summed E-state index contributed by atoms with van der Waals surface area (Å²) in [6.45, 7) is 2.04. The lowest BCUT2D eigenvalue weighted by molar-refractivity contribution is 0.306. The highest BCUT2D eigenvalue weighted by Gasteiger charge is 2.08. The van der Waals surface area contributed by atoms with Gasteiger partial charge in [-0.2, -0.15) is 4.68 Å². The third-order valence-corrected chi connectivity index (χ3v) is 6.58. The van der Waals surface area contributed by atoms with Gasteiger partial charge in [0.2, 0.25) is 5.16 Å². The van der Waals surface area contributed by atoms with Crippen LogP contribution in [0.5, 0.6) is 5.75 Å². The molecule has 0 saturated carbocycles. The standard InChI is InChI=1S/C24H23Cl2N5OS/c25-22-8-4-9-23(26)21(22)17-32-20-12-10-18(11-13-20)16-27-14-5-15-33-24-28-29-30-31(24)19-6-2-1-3-7-19/h1-4,6-13,27H,5,14-17H2. The predicted molar refractivity (Wildman–Crippen MR) is 133 cm³/mol. The van der Waals surface area contributed by atoms with Crippen LogP contribution < -0.4 is 10.1 Å². The van der Waals surface area contributed by atoms with E-state index >= 15 is 0 Å². The molecule has 0 unspecified atom stereocenters. The average Bonchev–Trinajstić information content (AvgIpc) is 3.31. The monoisotopic (exact) mass is 499 g/mol. The van der Waals surface area contributed by atoms with Crippen LogP contribution in [0, 0.1) is 0 Å². The minimum atomic E-state index is 0.335. The molecule has 9 heteroatoms. The quantitative estimate of drug-likeness (QED) is 0.207. The van der Waals surface area contributed by atoms with E-state index in [9.17, 15) is 0 Å². The molecule has 0 aliphatic carbocycles. The average molecular weight is 500 g/mol. The maximum atomic E-state index is 6.19. The molecule has 0 amide bonds. The Hall–Kier alpha value is -2.58. The fraction of sp³-hybridized carbons (Fsp3) is 0.208. The summed E-state index contributed by atoms with van der Waals surface area (Å²) < 4.78 is 7.60. The Labute approximate surface area is 207 Å². The van der Waals surface area contributed by atoms with Gasteiger partial charge < -0.3 is 10.1 Å². The molecular formula is C24H23Cl2N5OS.